The summed E-state index contributed by atoms with van der Waals surface area (Å²) in [4.78, 5) is 35.0. The van der Waals surface area contributed by atoms with Gasteiger partial charge in [-0.05, 0) is 24.3 Å². The van der Waals surface area contributed by atoms with Crippen LogP contribution in [0.4, 0.5) is 9.52 Å². The summed E-state index contributed by atoms with van der Waals surface area (Å²) in [6.45, 7) is 3.98. The highest BCUT2D eigenvalue weighted by Gasteiger charge is 2.38. The molecular formula is C17H14FN3O2S2. The Balaban J connectivity index is 1.78. The standard InChI is InChI=1S/C17H14FN3O2S2/c1-2-8-21-15(23)14(25-17(21)20-16-19-7-9-24-16)10-13(22)11-3-5-12(18)6-4-11/h2-7,9,14H,1,8,10H2/t14-/m0/s1. The second-order valence-electron chi connectivity index (χ2n) is 5.19. The van der Waals surface area contributed by atoms with Gasteiger partial charge in [0.1, 0.15) is 5.82 Å². The highest BCUT2D eigenvalue weighted by atomic mass is 32.2. The van der Waals surface area contributed by atoms with Crippen LogP contribution < -0.4 is 0 Å². The first kappa shape index (κ1) is 17.5. The number of thiazole rings is 1. The van der Waals surface area contributed by atoms with E-state index in [0.29, 0.717) is 22.4 Å². The van der Waals surface area contributed by atoms with Gasteiger partial charge in [0.2, 0.25) is 11.0 Å². The Morgan fingerprint density at radius 2 is 2.16 bits per heavy atom. The highest BCUT2D eigenvalue weighted by Crippen LogP contribution is 2.32. The Morgan fingerprint density at radius 3 is 2.80 bits per heavy atom. The number of Topliss-reactive ketones (excluding diaryl/α,β-unsaturated/α-hetero) is 1. The maximum Gasteiger partial charge on any atom is 0.242 e. The molecule has 1 atom stereocenters. The van der Waals surface area contributed by atoms with Crippen LogP contribution >= 0.6 is 23.1 Å². The first-order valence-electron chi connectivity index (χ1n) is 7.44. The molecule has 1 aromatic heterocycles. The number of hydrogen-bond acceptors (Lipinski definition) is 6. The molecule has 5 nitrogen and oxygen atoms in total. The van der Waals surface area contributed by atoms with Crippen molar-refractivity contribution >= 4 is 45.1 Å². The van der Waals surface area contributed by atoms with E-state index in [2.05, 4.69) is 16.6 Å². The monoisotopic (exact) mass is 375 g/mol. The molecule has 0 spiro atoms. The van der Waals surface area contributed by atoms with Crippen molar-refractivity contribution in [1.82, 2.24) is 9.88 Å². The number of aromatic nitrogens is 1. The quantitative estimate of drug-likeness (QED) is 0.571. The number of rotatable bonds is 6. The van der Waals surface area contributed by atoms with E-state index in [-0.39, 0.29) is 18.1 Å². The van der Waals surface area contributed by atoms with Crippen LogP contribution in [0.1, 0.15) is 16.8 Å². The molecule has 2 heterocycles. The molecular weight excluding hydrogens is 361 g/mol. The van der Waals surface area contributed by atoms with Gasteiger partial charge in [-0.2, -0.15) is 4.99 Å². The molecule has 128 valence electrons. The number of ketones is 1. The lowest BCUT2D eigenvalue weighted by Crippen LogP contribution is -2.32. The number of hydrogen-bond donors (Lipinski definition) is 0. The molecule has 1 fully saturated rings. The molecule has 1 saturated heterocycles. The van der Waals surface area contributed by atoms with Crippen molar-refractivity contribution in [2.24, 2.45) is 4.99 Å². The van der Waals surface area contributed by atoms with Crippen molar-refractivity contribution in [2.75, 3.05) is 6.54 Å². The number of nitrogens with zero attached hydrogens (tertiary/aromatic N) is 3. The van der Waals surface area contributed by atoms with Crippen molar-refractivity contribution < 1.29 is 14.0 Å². The zero-order valence-corrected chi connectivity index (χ0v) is 14.7. The molecule has 1 aliphatic rings. The summed E-state index contributed by atoms with van der Waals surface area (Å²) >= 11 is 2.61. The van der Waals surface area contributed by atoms with Crippen molar-refractivity contribution in [2.45, 2.75) is 11.7 Å². The van der Waals surface area contributed by atoms with E-state index in [1.165, 1.54) is 52.3 Å². The van der Waals surface area contributed by atoms with Gasteiger partial charge in [0.25, 0.3) is 0 Å². The maximum atomic E-state index is 13.0. The Hall–Kier alpha value is -2.32. The molecule has 25 heavy (non-hydrogen) atoms. The first-order chi connectivity index (χ1) is 12.1. The number of carbonyl (C=O) groups excluding carboxylic acids is 2. The predicted octanol–water partition coefficient (Wildman–Crippen LogP) is 3.67. The van der Waals surface area contributed by atoms with E-state index in [4.69, 9.17) is 0 Å². The lowest BCUT2D eigenvalue weighted by atomic mass is 10.1. The minimum Gasteiger partial charge on any atom is -0.294 e. The lowest BCUT2D eigenvalue weighted by molar-refractivity contribution is -0.125. The van der Waals surface area contributed by atoms with Gasteiger partial charge in [0.05, 0.1) is 5.25 Å². The van der Waals surface area contributed by atoms with Crippen molar-refractivity contribution in [3.05, 3.63) is 59.9 Å². The average Bonchev–Trinajstić information content (AvgIpc) is 3.20. The Labute approximate surface area is 152 Å². The summed E-state index contributed by atoms with van der Waals surface area (Å²) in [5.41, 5.74) is 0.385. The number of carbonyl (C=O) groups is 2. The molecule has 3 rings (SSSR count). The summed E-state index contributed by atoms with van der Waals surface area (Å²) in [6.07, 6.45) is 3.28. The zero-order valence-electron chi connectivity index (χ0n) is 13.1. The predicted molar refractivity (Wildman–Crippen MR) is 97.8 cm³/mol. The molecule has 0 aliphatic carbocycles. The van der Waals surface area contributed by atoms with Gasteiger partial charge < -0.3 is 0 Å². The Kier molecular flexibility index (Phi) is 5.40. The molecule has 1 amide bonds. The lowest BCUT2D eigenvalue weighted by Gasteiger charge is -2.13. The fraction of sp³-hybridized carbons (Fsp3) is 0.176. The van der Waals surface area contributed by atoms with Gasteiger partial charge in [-0.3, -0.25) is 14.5 Å². The Bertz CT molecular complexity index is 819. The molecule has 0 unspecified atom stereocenters. The average molecular weight is 375 g/mol. The third-order valence-corrected chi connectivity index (χ3v) is 5.32. The van der Waals surface area contributed by atoms with Crippen LogP contribution in [0, 0.1) is 5.82 Å². The summed E-state index contributed by atoms with van der Waals surface area (Å²) < 4.78 is 13.0. The van der Waals surface area contributed by atoms with Gasteiger partial charge >= 0.3 is 0 Å². The molecule has 1 aromatic carbocycles. The Morgan fingerprint density at radius 1 is 1.40 bits per heavy atom. The molecule has 0 bridgehead atoms. The molecule has 2 aromatic rings. The second-order valence-corrected chi connectivity index (χ2v) is 7.23. The largest absolute Gasteiger partial charge is 0.294 e. The summed E-state index contributed by atoms with van der Waals surface area (Å²) in [6, 6.07) is 5.31. The van der Waals surface area contributed by atoms with Gasteiger partial charge in [-0.1, -0.05) is 17.8 Å². The van der Waals surface area contributed by atoms with Crippen LogP contribution in [0.5, 0.6) is 0 Å². The van der Waals surface area contributed by atoms with Gasteiger partial charge in [0, 0.05) is 30.1 Å². The zero-order chi connectivity index (χ0) is 17.8. The third-order valence-electron chi connectivity index (χ3n) is 3.48. The normalized spacial score (nSPS) is 18.8. The van der Waals surface area contributed by atoms with Gasteiger partial charge in [0.15, 0.2) is 11.0 Å². The fourth-order valence-corrected chi connectivity index (χ4v) is 4.01. The van der Waals surface area contributed by atoms with Crippen LogP contribution in [0.25, 0.3) is 0 Å². The molecule has 0 N–H and O–H groups in total. The van der Waals surface area contributed by atoms with Crippen LogP contribution in [-0.4, -0.2) is 38.5 Å². The van der Waals surface area contributed by atoms with Crippen LogP contribution in [0.3, 0.4) is 0 Å². The molecule has 0 radical (unpaired) electrons. The third kappa shape index (κ3) is 4.02. The smallest absolute Gasteiger partial charge is 0.242 e. The molecule has 0 saturated carbocycles. The van der Waals surface area contributed by atoms with E-state index < -0.39 is 11.1 Å². The first-order valence-corrected chi connectivity index (χ1v) is 9.20. The minimum absolute atomic E-state index is 0.0274. The SMILES string of the molecule is C=CCN1C(=O)[C@H](CC(=O)c2ccc(F)cc2)SC1=Nc1nccs1. The van der Waals surface area contributed by atoms with Crippen LogP contribution in [-0.2, 0) is 4.79 Å². The van der Waals surface area contributed by atoms with E-state index in [0.717, 1.165) is 0 Å². The van der Waals surface area contributed by atoms with Crippen molar-refractivity contribution in [3.8, 4) is 0 Å². The molecule has 8 heteroatoms. The van der Waals surface area contributed by atoms with Crippen LogP contribution in [0.2, 0.25) is 0 Å². The van der Waals surface area contributed by atoms with E-state index in [1.807, 2.05) is 0 Å². The molecule has 1 aliphatic heterocycles. The number of amidine groups is 1. The second kappa shape index (κ2) is 7.71. The van der Waals surface area contributed by atoms with Crippen molar-refractivity contribution in [1.29, 1.82) is 0 Å². The summed E-state index contributed by atoms with van der Waals surface area (Å²) in [5.74, 6) is -0.798. The van der Waals surface area contributed by atoms with E-state index in [9.17, 15) is 14.0 Å². The number of amides is 1. The highest BCUT2D eigenvalue weighted by molar-refractivity contribution is 8.15. The summed E-state index contributed by atoms with van der Waals surface area (Å²) in [7, 11) is 0. The number of halogens is 1. The minimum atomic E-state index is -0.559. The fourth-order valence-electron chi connectivity index (χ4n) is 2.30. The number of thioether (sulfide) groups is 1. The van der Waals surface area contributed by atoms with Gasteiger partial charge in [-0.15, -0.1) is 17.9 Å². The maximum absolute atomic E-state index is 13.0. The van der Waals surface area contributed by atoms with E-state index >= 15 is 0 Å². The number of aliphatic imine (C=N–C) groups is 1. The van der Waals surface area contributed by atoms with E-state index in [1.54, 1.807) is 17.7 Å². The summed E-state index contributed by atoms with van der Waals surface area (Å²) in [5, 5.41) is 2.30. The van der Waals surface area contributed by atoms with Crippen LogP contribution in [0.15, 0.2) is 53.5 Å². The number of benzene rings is 1. The topological polar surface area (TPSA) is 62.6 Å². The van der Waals surface area contributed by atoms with Crippen molar-refractivity contribution in [3.63, 3.8) is 0 Å². The van der Waals surface area contributed by atoms with Gasteiger partial charge in [-0.25, -0.2) is 9.37 Å².